The number of fused-ring (bicyclic) bond motifs is 1. The van der Waals surface area contributed by atoms with Gasteiger partial charge < -0.3 is 0 Å². The van der Waals surface area contributed by atoms with Crippen molar-refractivity contribution in [1.82, 2.24) is 15.2 Å². The first-order chi connectivity index (χ1) is 9.59. The normalized spacial score (nSPS) is 23.5. The van der Waals surface area contributed by atoms with Crippen molar-refractivity contribution in [1.29, 1.82) is 0 Å². The van der Waals surface area contributed by atoms with Crippen molar-refractivity contribution in [2.24, 2.45) is 0 Å². The molecule has 1 saturated carbocycles. The van der Waals surface area contributed by atoms with E-state index < -0.39 is 18.2 Å². The summed E-state index contributed by atoms with van der Waals surface area (Å²) in [6.45, 7) is 1.77. The average Bonchev–Trinajstić information content (AvgIpc) is 2.71. The summed E-state index contributed by atoms with van der Waals surface area (Å²) < 4.78 is 28.8. The van der Waals surface area contributed by atoms with Crippen LogP contribution in [0.15, 0.2) is 12.3 Å². The van der Waals surface area contributed by atoms with Crippen LogP contribution in [0.5, 0.6) is 0 Å². The lowest BCUT2D eigenvalue weighted by Crippen LogP contribution is -2.45. The highest BCUT2D eigenvalue weighted by Crippen LogP contribution is 2.37. The summed E-state index contributed by atoms with van der Waals surface area (Å²) in [5, 5.41) is 0.871. The zero-order chi connectivity index (χ0) is 14.3. The molecule has 0 N–H and O–H groups in total. The standard InChI is InChI=1S/C14H17F2N3O/c1-9-7-11-12(17-8-9)13(15)18(14(11)20)19(16)10-5-3-2-4-6-10/h7-8,10,13H,2-6H2,1H3. The fourth-order valence-electron chi connectivity index (χ4n) is 2.94. The molecule has 0 saturated heterocycles. The van der Waals surface area contributed by atoms with Crippen molar-refractivity contribution in [2.75, 3.05) is 0 Å². The second kappa shape index (κ2) is 5.09. The Bertz CT molecular complexity index is 531. The Hall–Kier alpha value is -1.56. The van der Waals surface area contributed by atoms with Crippen LogP contribution in [-0.2, 0) is 0 Å². The van der Waals surface area contributed by atoms with E-state index in [1.807, 2.05) is 0 Å². The SMILES string of the molecule is Cc1cnc2c(c1)C(=O)N(N(F)C1CCCCC1)C2F. The summed E-state index contributed by atoms with van der Waals surface area (Å²) in [5.74, 6) is -0.642. The van der Waals surface area contributed by atoms with E-state index in [1.165, 1.54) is 6.20 Å². The van der Waals surface area contributed by atoms with Gasteiger partial charge in [0.1, 0.15) is 5.69 Å². The number of aromatic nitrogens is 1. The molecule has 0 bridgehead atoms. The molecule has 2 aliphatic rings. The zero-order valence-corrected chi connectivity index (χ0v) is 11.4. The van der Waals surface area contributed by atoms with Crippen molar-refractivity contribution in [3.05, 3.63) is 29.1 Å². The molecule has 1 aliphatic carbocycles. The molecule has 1 unspecified atom stereocenters. The molecule has 4 nitrogen and oxygen atoms in total. The number of rotatable bonds is 2. The lowest BCUT2D eigenvalue weighted by atomic mass is 9.96. The van der Waals surface area contributed by atoms with E-state index in [-0.39, 0.29) is 11.3 Å². The third-order valence-corrected chi connectivity index (χ3v) is 4.02. The number of pyridine rings is 1. The molecule has 0 aromatic carbocycles. The van der Waals surface area contributed by atoms with E-state index in [2.05, 4.69) is 4.98 Å². The summed E-state index contributed by atoms with van der Waals surface area (Å²) in [5.41, 5.74) is 0.934. The number of alkyl halides is 1. The van der Waals surface area contributed by atoms with Gasteiger partial charge in [0.2, 0.25) is 6.30 Å². The highest BCUT2D eigenvalue weighted by molar-refractivity contribution is 5.98. The zero-order valence-electron chi connectivity index (χ0n) is 11.4. The van der Waals surface area contributed by atoms with Crippen molar-refractivity contribution in [2.45, 2.75) is 51.4 Å². The molecule has 2 heterocycles. The lowest BCUT2D eigenvalue weighted by Gasteiger charge is -2.33. The van der Waals surface area contributed by atoms with Crippen molar-refractivity contribution in [3.8, 4) is 0 Å². The average molecular weight is 281 g/mol. The van der Waals surface area contributed by atoms with Crippen LogP contribution in [-0.4, -0.2) is 27.2 Å². The van der Waals surface area contributed by atoms with E-state index in [0.717, 1.165) is 24.8 Å². The van der Waals surface area contributed by atoms with Crippen molar-refractivity contribution >= 4 is 5.91 Å². The van der Waals surface area contributed by atoms with E-state index in [0.29, 0.717) is 23.1 Å². The second-order valence-corrected chi connectivity index (χ2v) is 5.51. The number of carbonyl (C=O) groups excluding carboxylic acids is 1. The molecule has 6 heteroatoms. The maximum absolute atomic E-state index is 14.4. The smallest absolute Gasteiger partial charge is 0.267 e. The summed E-state index contributed by atoms with van der Waals surface area (Å²) >= 11 is 0. The Kier molecular flexibility index (Phi) is 3.41. The Morgan fingerprint density at radius 3 is 2.75 bits per heavy atom. The van der Waals surface area contributed by atoms with Crippen molar-refractivity contribution < 1.29 is 13.7 Å². The van der Waals surface area contributed by atoms with E-state index in [1.54, 1.807) is 13.0 Å². The Labute approximate surface area is 116 Å². The number of hydrogen-bond donors (Lipinski definition) is 0. The summed E-state index contributed by atoms with van der Waals surface area (Å²) in [6.07, 6.45) is 3.85. The highest BCUT2D eigenvalue weighted by atomic mass is 19.2. The first-order valence-corrected chi connectivity index (χ1v) is 6.98. The van der Waals surface area contributed by atoms with E-state index >= 15 is 0 Å². The minimum absolute atomic E-state index is 0.0130. The molecule has 1 aromatic rings. The Morgan fingerprint density at radius 2 is 2.05 bits per heavy atom. The number of amides is 1. The Balaban J connectivity index is 1.86. The van der Waals surface area contributed by atoms with Crippen LogP contribution >= 0.6 is 0 Å². The summed E-state index contributed by atoms with van der Waals surface area (Å²) in [6, 6.07) is 1.15. The van der Waals surface area contributed by atoms with Gasteiger partial charge in [-0.2, -0.15) is 0 Å². The van der Waals surface area contributed by atoms with E-state index in [4.69, 9.17) is 0 Å². The molecular formula is C14H17F2N3O. The predicted molar refractivity (Wildman–Crippen MR) is 68.8 cm³/mol. The van der Waals surface area contributed by atoms with Gasteiger partial charge in [-0.15, -0.1) is 4.48 Å². The maximum Gasteiger partial charge on any atom is 0.275 e. The molecule has 1 aromatic heterocycles. The van der Waals surface area contributed by atoms with Gasteiger partial charge >= 0.3 is 0 Å². The molecule has 1 fully saturated rings. The minimum atomic E-state index is -1.83. The number of carbonyl (C=O) groups is 1. The summed E-state index contributed by atoms with van der Waals surface area (Å²) in [4.78, 5) is 16.1. The number of nitrogens with zero attached hydrogens (tertiary/aromatic N) is 3. The Morgan fingerprint density at radius 1 is 1.35 bits per heavy atom. The number of hydrazine groups is 1. The van der Waals surface area contributed by atoms with Crippen LogP contribution in [0.25, 0.3) is 0 Å². The molecule has 1 aliphatic heterocycles. The van der Waals surface area contributed by atoms with Crippen LogP contribution in [0, 0.1) is 6.92 Å². The summed E-state index contributed by atoms with van der Waals surface area (Å²) in [7, 11) is 0. The van der Waals surface area contributed by atoms with Gasteiger partial charge in [0.25, 0.3) is 5.91 Å². The lowest BCUT2D eigenvalue weighted by molar-refractivity contribution is -0.214. The molecule has 1 atom stereocenters. The van der Waals surface area contributed by atoms with Crippen molar-refractivity contribution in [3.63, 3.8) is 0 Å². The molecule has 20 heavy (non-hydrogen) atoms. The third kappa shape index (κ3) is 2.08. The first-order valence-electron chi connectivity index (χ1n) is 6.98. The van der Waals surface area contributed by atoms with Gasteiger partial charge in [-0.1, -0.05) is 19.3 Å². The van der Waals surface area contributed by atoms with Crippen LogP contribution in [0.2, 0.25) is 0 Å². The number of aryl methyl sites for hydroxylation is 1. The maximum atomic E-state index is 14.4. The predicted octanol–water partition coefficient (Wildman–Crippen LogP) is 3.25. The number of halogens is 2. The fraction of sp³-hybridized carbons (Fsp3) is 0.571. The molecule has 1 amide bonds. The van der Waals surface area contributed by atoms with Gasteiger partial charge in [0.05, 0.1) is 11.6 Å². The molecule has 0 radical (unpaired) electrons. The molecule has 3 rings (SSSR count). The van der Waals surface area contributed by atoms with Crippen LogP contribution in [0.3, 0.4) is 0 Å². The second-order valence-electron chi connectivity index (χ2n) is 5.51. The van der Waals surface area contributed by atoms with Gasteiger partial charge in [0.15, 0.2) is 0 Å². The van der Waals surface area contributed by atoms with Gasteiger partial charge in [0, 0.05) is 6.20 Å². The van der Waals surface area contributed by atoms with Crippen LogP contribution in [0.1, 0.15) is 60.0 Å². The fourth-order valence-corrected chi connectivity index (χ4v) is 2.94. The van der Waals surface area contributed by atoms with Gasteiger partial charge in [-0.3, -0.25) is 9.78 Å². The molecule has 0 spiro atoms. The van der Waals surface area contributed by atoms with Crippen LogP contribution in [0.4, 0.5) is 8.87 Å². The van der Waals surface area contributed by atoms with Crippen LogP contribution < -0.4 is 0 Å². The van der Waals surface area contributed by atoms with E-state index in [9.17, 15) is 13.7 Å². The monoisotopic (exact) mass is 281 g/mol. The first kappa shape index (κ1) is 13.4. The highest BCUT2D eigenvalue weighted by Gasteiger charge is 2.44. The van der Waals surface area contributed by atoms with Gasteiger partial charge in [-0.25, -0.2) is 9.40 Å². The largest absolute Gasteiger partial charge is 0.275 e. The molecule has 108 valence electrons. The topological polar surface area (TPSA) is 36.4 Å². The molecular weight excluding hydrogens is 264 g/mol. The third-order valence-electron chi connectivity index (χ3n) is 4.02. The van der Waals surface area contributed by atoms with Gasteiger partial charge in [-0.05, 0) is 36.6 Å². The quantitative estimate of drug-likeness (QED) is 0.616. The minimum Gasteiger partial charge on any atom is -0.267 e. The number of hydrogen-bond acceptors (Lipinski definition) is 3.